The highest BCUT2D eigenvalue weighted by atomic mass is 16.6. The van der Waals surface area contributed by atoms with Crippen LogP contribution in [0.25, 0.3) is 21.8 Å². The van der Waals surface area contributed by atoms with Crippen LogP contribution in [0.15, 0.2) is 48.5 Å². The largest absolute Gasteiger partial charge is 0.394 e. The Morgan fingerprint density at radius 2 is 1.46 bits per heavy atom. The lowest BCUT2D eigenvalue weighted by atomic mass is 9.96. The van der Waals surface area contributed by atoms with Gasteiger partial charge in [-0.1, -0.05) is 36.4 Å². The molecule has 2 heterocycles. The Labute approximate surface area is 149 Å². The van der Waals surface area contributed by atoms with Crippen molar-refractivity contribution in [2.24, 2.45) is 0 Å². The van der Waals surface area contributed by atoms with E-state index in [0.29, 0.717) is 5.69 Å². The maximum absolute atomic E-state index is 10.4. The molecular weight excluding hydrogens is 336 g/mol. The number of nitrogens with one attached hydrogen (secondary N) is 1. The Balaban J connectivity index is 1.81. The lowest BCUT2D eigenvalue weighted by molar-refractivity contribution is -0.245. The van der Waals surface area contributed by atoms with Gasteiger partial charge in [-0.25, -0.2) is 4.98 Å². The summed E-state index contributed by atoms with van der Waals surface area (Å²) in [6.07, 6.45) is -5.07. The molecule has 3 aromatic rings. The molecule has 5 unspecified atom stereocenters. The predicted molar refractivity (Wildman–Crippen MR) is 96.6 cm³/mol. The molecule has 1 saturated heterocycles. The highest BCUT2D eigenvalue weighted by Crippen LogP contribution is 2.33. The second-order valence-corrected chi connectivity index (χ2v) is 6.42. The third kappa shape index (κ3) is 2.80. The smallest absolute Gasteiger partial charge is 0.178 e. The van der Waals surface area contributed by atoms with Crippen molar-refractivity contribution in [3.63, 3.8) is 0 Å². The number of benzene rings is 2. The van der Waals surface area contributed by atoms with Crippen LogP contribution in [0, 0.1) is 0 Å². The minimum Gasteiger partial charge on any atom is -0.394 e. The van der Waals surface area contributed by atoms with E-state index in [2.05, 4.69) is 10.3 Å². The summed E-state index contributed by atoms with van der Waals surface area (Å²) in [4.78, 5) is 4.63. The second-order valence-electron chi connectivity index (χ2n) is 6.42. The van der Waals surface area contributed by atoms with Crippen molar-refractivity contribution in [1.82, 2.24) is 4.98 Å². The molecule has 5 atom stereocenters. The van der Waals surface area contributed by atoms with Gasteiger partial charge in [0, 0.05) is 10.8 Å². The van der Waals surface area contributed by atoms with Crippen molar-refractivity contribution in [2.45, 2.75) is 30.6 Å². The zero-order valence-electron chi connectivity index (χ0n) is 13.9. The molecule has 26 heavy (non-hydrogen) atoms. The summed E-state index contributed by atoms with van der Waals surface area (Å²) < 4.78 is 5.24. The monoisotopic (exact) mass is 356 g/mol. The van der Waals surface area contributed by atoms with Crippen LogP contribution in [-0.2, 0) is 4.74 Å². The molecule has 1 aliphatic heterocycles. The molecule has 1 aromatic heterocycles. The van der Waals surface area contributed by atoms with E-state index in [1.54, 1.807) is 0 Å². The SMILES string of the molecule is OCC1OC(O)C(Nc2c3ccccc3nc3ccccc23)C(O)C1O. The summed E-state index contributed by atoms with van der Waals surface area (Å²) in [5, 5.41) is 44.9. The molecule has 2 aromatic carbocycles. The minimum atomic E-state index is -1.39. The first-order valence-electron chi connectivity index (χ1n) is 8.44. The van der Waals surface area contributed by atoms with Gasteiger partial charge in [-0.2, -0.15) is 0 Å². The van der Waals surface area contributed by atoms with E-state index in [1.165, 1.54) is 0 Å². The van der Waals surface area contributed by atoms with Gasteiger partial charge >= 0.3 is 0 Å². The van der Waals surface area contributed by atoms with Crippen LogP contribution in [0.1, 0.15) is 0 Å². The van der Waals surface area contributed by atoms with Gasteiger partial charge < -0.3 is 30.5 Å². The Kier molecular flexibility index (Phi) is 4.47. The molecule has 0 spiro atoms. The van der Waals surface area contributed by atoms with Crippen LogP contribution < -0.4 is 5.32 Å². The quantitative estimate of drug-likeness (QED) is 0.437. The zero-order chi connectivity index (χ0) is 18.3. The van der Waals surface area contributed by atoms with E-state index >= 15 is 0 Å². The van der Waals surface area contributed by atoms with Gasteiger partial charge in [0.2, 0.25) is 0 Å². The van der Waals surface area contributed by atoms with Gasteiger partial charge in [0.15, 0.2) is 6.29 Å². The Hall–Kier alpha value is -2.29. The second kappa shape index (κ2) is 6.79. The number of para-hydroxylation sites is 2. The third-order valence-electron chi connectivity index (χ3n) is 4.80. The summed E-state index contributed by atoms with van der Waals surface area (Å²) >= 11 is 0. The van der Waals surface area contributed by atoms with E-state index in [9.17, 15) is 20.4 Å². The average Bonchev–Trinajstić information content (AvgIpc) is 2.67. The summed E-state index contributed by atoms with van der Waals surface area (Å²) in [7, 11) is 0. The number of ether oxygens (including phenoxy) is 1. The highest BCUT2D eigenvalue weighted by molar-refractivity contribution is 6.07. The molecule has 0 saturated carbocycles. The molecule has 7 heteroatoms. The number of hydrogen-bond donors (Lipinski definition) is 5. The lowest BCUT2D eigenvalue weighted by Crippen LogP contribution is -2.61. The van der Waals surface area contributed by atoms with Crippen molar-refractivity contribution in [1.29, 1.82) is 0 Å². The fourth-order valence-corrected chi connectivity index (χ4v) is 3.42. The molecule has 1 aliphatic rings. The lowest BCUT2D eigenvalue weighted by Gasteiger charge is -2.41. The standard InChI is InChI=1S/C19H20N2O5/c22-9-14-17(23)18(24)16(19(25)26-14)21-15-10-5-1-3-7-12(10)20-13-8-4-2-6-11(13)15/h1-8,14,16-19,22-25H,9H2,(H,20,21). The van der Waals surface area contributed by atoms with Gasteiger partial charge in [-0.05, 0) is 12.1 Å². The molecule has 7 nitrogen and oxygen atoms in total. The van der Waals surface area contributed by atoms with Gasteiger partial charge in [-0.15, -0.1) is 0 Å². The van der Waals surface area contributed by atoms with E-state index < -0.39 is 37.3 Å². The van der Waals surface area contributed by atoms with Crippen molar-refractivity contribution >= 4 is 27.5 Å². The molecule has 4 rings (SSSR count). The van der Waals surface area contributed by atoms with Crippen LogP contribution in [0.2, 0.25) is 0 Å². The molecule has 0 aliphatic carbocycles. The van der Waals surface area contributed by atoms with Crippen LogP contribution in [0.4, 0.5) is 5.69 Å². The van der Waals surface area contributed by atoms with Crippen molar-refractivity contribution in [3.8, 4) is 0 Å². The van der Waals surface area contributed by atoms with Crippen molar-refractivity contribution in [3.05, 3.63) is 48.5 Å². The molecule has 0 amide bonds. The summed E-state index contributed by atoms with van der Waals surface area (Å²) in [5.41, 5.74) is 2.22. The Morgan fingerprint density at radius 3 is 2.04 bits per heavy atom. The van der Waals surface area contributed by atoms with Gasteiger partial charge in [0.25, 0.3) is 0 Å². The number of aliphatic hydroxyl groups excluding tert-OH is 4. The number of fused-ring (bicyclic) bond motifs is 2. The normalized spacial score (nSPS) is 29.2. The summed E-state index contributed by atoms with van der Waals surface area (Å²) in [6, 6.07) is 14.1. The van der Waals surface area contributed by atoms with Crippen molar-refractivity contribution < 1.29 is 25.2 Å². The van der Waals surface area contributed by atoms with Crippen LogP contribution >= 0.6 is 0 Å². The highest BCUT2D eigenvalue weighted by Gasteiger charge is 2.43. The van der Waals surface area contributed by atoms with E-state index in [-0.39, 0.29) is 0 Å². The van der Waals surface area contributed by atoms with E-state index in [4.69, 9.17) is 4.74 Å². The van der Waals surface area contributed by atoms with Gasteiger partial charge in [-0.3, -0.25) is 0 Å². The van der Waals surface area contributed by atoms with Gasteiger partial charge in [0.1, 0.15) is 24.4 Å². The number of aromatic nitrogens is 1. The number of rotatable bonds is 3. The maximum atomic E-state index is 10.4. The molecule has 0 radical (unpaired) electrons. The molecular formula is C19H20N2O5. The average molecular weight is 356 g/mol. The number of pyridine rings is 1. The third-order valence-corrected chi connectivity index (χ3v) is 4.80. The van der Waals surface area contributed by atoms with E-state index in [0.717, 1.165) is 21.8 Å². The fourth-order valence-electron chi connectivity index (χ4n) is 3.42. The van der Waals surface area contributed by atoms with Gasteiger partial charge in [0.05, 0.1) is 23.3 Å². The van der Waals surface area contributed by atoms with Crippen LogP contribution in [-0.4, -0.2) is 62.7 Å². The van der Waals surface area contributed by atoms with Crippen LogP contribution in [0.3, 0.4) is 0 Å². The number of aliphatic hydroxyl groups is 4. The van der Waals surface area contributed by atoms with Crippen molar-refractivity contribution in [2.75, 3.05) is 11.9 Å². The molecule has 5 N–H and O–H groups in total. The number of hydrogen-bond acceptors (Lipinski definition) is 7. The van der Waals surface area contributed by atoms with Crippen LogP contribution in [0.5, 0.6) is 0 Å². The zero-order valence-corrected chi connectivity index (χ0v) is 13.9. The number of nitrogens with zero attached hydrogens (tertiary/aromatic N) is 1. The first kappa shape index (κ1) is 17.1. The molecule has 1 fully saturated rings. The summed E-state index contributed by atoms with van der Waals surface area (Å²) in [5.74, 6) is 0. The minimum absolute atomic E-state index is 0.497. The first-order valence-corrected chi connectivity index (χ1v) is 8.44. The first-order chi connectivity index (χ1) is 12.6. The predicted octanol–water partition coefficient (Wildman–Crippen LogP) is 0.600. The topological polar surface area (TPSA) is 115 Å². The van der Waals surface area contributed by atoms with E-state index in [1.807, 2.05) is 48.5 Å². The molecule has 136 valence electrons. The number of anilines is 1. The maximum Gasteiger partial charge on any atom is 0.178 e. The summed E-state index contributed by atoms with van der Waals surface area (Å²) in [6.45, 7) is -0.497. The Morgan fingerprint density at radius 1 is 0.885 bits per heavy atom. The molecule has 0 bridgehead atoms. The fraction of sp³-hybridized carbons (Fsp3) is 0.316. The Bertz CT molecular complexity index is 880.